The molecule has 0 radical (unpaired) electrons. The number of benzene rings is 2. The van der Waals surface area contributed by atoms with Gasteiger partial charge >= 0.3 is 0 Å². The molecule has 2 aromatic rings. The molecule has 2 rings (SSSR count). The van der Waals surface area contributed by atoms with Gasteiger partial charge in [-0.25, -0.2) is 0 Å². The van der Waals surface area contributed by atoms with Crippen molar-refractivity contribution in [2.45, 2.75) is 13.0 Å². The fourth-order valence-corrected chi connectivity index (χ4v) is 2.51. The number of amides is 2. The van der Waals surface area contributed by atoms with Crippen molar-refractivity contribution in [2.24, 2.45) is 0 Å². The topological polar surface area (TPSA) is 58.2 Å². The lowest BCUT2D eigenvalue weighted by Crippen LogP contribution is -2.38. The fraction of sp³-hybridized carbons (Fsp3) is 0.176. The molecule has 4 nitrogen and oxygen atoms in total. The van der Waals surface area contributed by atoms with Gasteiger partial charge in [-0.15, -0.1) is 0 Å². The van der Waals surface area contributed by atoms with E-state index >= 15 is 0 Å². The highest BCUT2D eigenvalue weighted by molar-refractivity contribution is 9.10. The average molecular weight is 396 g/mol. The predicted molar refractivity (Wildman–Crippen MR) is 94.5 cm³/mol. The van der Waals surface area contributed by atoms with E-state index in [-0.39, 0.29) is 24.4 Å². The van der Waals surface area contributed by atoms with Gasteiger partial charge < -0.3 is 10.6 Å². The zero-order valence-electron chi connectivity index (χ0n) is 12.5. The minimum absolute atomic E-state index is 0.106. The third kappa shape index (κ3) is 5.08. The van der Waals surface area contributed by atoms with Gasteiger partial charge in [0.05, 0.1) is 23.2 Å². The highest BCUT2D eigenvalue weighted by atomic mass is 79.9. The van der Waals surface area contributed by atoms with Gasteiger partial charge in [-0.1, -0.05) is 51.8 Å². The molecular formula is C17H16BrClN2O2. The fourth-order valence-electron chi connectivity index (χ4n) is 2.03. The van der Waals surface area contributed by atoms with Gasteiger partial charge in [0, 0.05) is 4.47 Å². The summed E-state index contributed by atoms with van der Waals surface area (Å²) in [4.78, 5) is 23.9. The van der Waals surface area contributed by atoms with Gasteiger partial charge in [-0.2, -0.15) is 0 Å². The smallest absolute Gasteiger partial charge is 0.253 e. The van der Waals surface area contributed by atoms with E-state index in [2.05, 4.69) is 26.6 Å². The Morgan fingerprint density at radius 2 is 1.78 bits per heavy atom. The molecule has 2 N–H and O–H groups in total. The van der Waals surface area contributed by atoms with Crippen LogP contribution in [0.4, 0.5) is 0 Å². The van der Waals surface area contributed by atoms with E-state index in [4.69, 9.17) is 11.6 Å². The first-order valence-corrected chi connectivity index (χ1v) is 8.22. The Morgan fingerprint density at radius 1 is 1.13 bits per heavy atom. The maximum atomic E-state index is 12.0. The van der Waals surface area contributed by atoms with E-state index in [9.17, 15) is 9.59 Å². The van der Waals surface area contributed by atoms with Crippen LogP contribution in [0.5, 0.6) is 0 Å². The molecule has 0 aliphatic carbocycles. The molecule has 0 aliphatic heterocycles. The molecule has 0 spiro atoms. The van der Waals surface area contributed by atoms with Gasteiger partial charge in [0.2, 0.25) is 5.91 Å². The lowest BCUT2D eigenvalue weighted by atomic mass is 10.1. The van der Waals surface area contributed by atoms with E-state index in [1.807, 2.05) is 31.2 Å². The summed E-state index contributed by atoms with van der Waals surface area (Å²) in [7, 11) is 0. The minimum atomic E-state index is -0.373. The molecule has 1 unspecified atom stereocenters. The lowest BCUT2D eigenvalue weighted by Gasteiger charge is -2.15. The number of nitrogens with one attached hydrogen (secondary N) is 2. The maximum Gasteiger partial charge on any atom is 0.253 e. The van der Waals surface area contributed by atoms with Crippen LogP contribution in [-0.2, 0) is 4.79 Å². The zero-order chi connectivity index (χ0) is 16.8. The monoisotopic (exact) mass is 394 g/mol. The van der Waals surface area contributed by atoms with Crippen LogP contribution in [0.2, 0.25) is 5.02 Å². The second-order valence-electron chi connectivity index (χ2n) is 5.00. The maximum absolute atomic E-state index is 12.0. The van der Waals surface area contributed by atoms with E-state index in [1.165, 1.54) is 0 Å². The lowest BCUT2D eigenvalue weighted by molar-refractivity contribution is -0.120. The van der Waals surface area contributed by atoms with Gasteiger partial charge in [-0.3, -0.25) is 9.59 Å². The summed E-state index contributed by atoms with van der Waals surface area (Å²) < 4.78 is 0.978. The Balaban J connectivity index is 1.86. The summed E-state index contributed by atoms with van der Waals surface area (Å²) in [6.07, 6.45) is 0. The number of rotatable bonds is 5. The molecule has 0 aromatic heterocycles. The van der Waals surface area contributed by atoms with Crippen molar-refractivity contribution in [2.75, 3.05) is 6.54 Å². The van der Waals surface area contributed by atoms with Crippen molar-refractivity contribution >= 4 is 39.3 Å². The average Bonchev–Trinajstić information content (AvgIpc) is 2.53. The molecular weight excluding hydrogens is 380 g/mol. The molecule has 23 heavy (non-hydrogen) atoms. The van der Waals surface area contributed by atoms with Gasteiger partial charge in [0.1, 0.15) is 0 Å². The number of hydrogen-bond acceptors (Lipinski definition) is 2. The minimum Gasteiger partial charge on any atom is -0.348 e. The molecule has 0 saturated carbocycles. The van der Waals surface area contributed by atoms with Gasteiger partial charge in [-0.05, 0) is 36.8 Å². The summed E-state index contributed by atoms with van der Waals surface area (Å²) in [5, 5.41) is 5.75. The van der Waals surface area contributed by atoms with E-state index in [0.717, 1.165) is 10.0 Å². The van der Waals surface area contributed by atoms with E-state index < -0.39 is 0 Å². The first-order chi connectivity index (χ1) is 11.0. The normalized spacial score (nSPS) is 11.6. The van der Waals surface area contributed by atoms with Crippen LogP contribution in [0.1, 0.15) is 28.9 Å². The molecule has 0 fully saturated rings. The highest BCUT2D eigenvalue weighted by Gasteiger charge is 2.13. The second kappa shape index (κ2) is 8.13. The van der Waals surface area contributed by atoms with E-state index in [1.54, 1.807) is 24.3 Å². The van der Waals surface area contributed by atoms with Crippen molar-refractivity contribution in [1.29, 1.82) is 0 Å². The molecule has 0 heterocycles. The Morgan fingerprint density at radius 3 is 2.43 bits per heavy atom. The third-order valence-corrected chi connectivity index (χ3v) is 4.13. The second-order valence-corrected chi connectivity index (χ2v) is 6.33. The Kier molecular flexibility index (Phi) is 6.19. The molecule has 120 valence electrons. The molecule has 1 atom stereocenters. The summed E-state index contributed by atoms with van der Waals surface area (Å²) in [6, 6.07) is 14.2. The quantitative estimate of drug-likeness (QED) is 0.811. The number of hydrogen-bond donors (Lipinski definition) is 2. The summed E-state index contributed by atoms with van der Waals surface area (Å²) in [5.41, 5.74) is 1.34. The summed E-state index contributed by atoms with van der Waals surface area (Å²) >= 11 is 9.31. The largest absolute Gasteiger partial charge is 0.348 e. The predicted octanol–water partition coefficient (Wildman–Crippen LogP) is 3.71. The van der Waals surface area contributed by atoms with Crippen LogP contribution in [0, 0.1) is 0 Å². The SMILES string of the molecule is CC(NC(=O)CNC(=O)c1ccccc1Cl)c1ccc(Br)cc1. The van der Waals surface area contributed by atoms with Gasteiger partial charge in [0.15, 0.2) is 0 Å². The van der Waals surface area contributed by atoms with Crippen LogP contribution < -0.4 is 10.6 Å². The molecule has 0 saturated heterocycles. The number of carbonyl (C=O) groups is 2. The molecule has 0 bridgehead atoms. The van der Waals surface area contributed by atoms with Crippen molar-refractivity contribution in [3.05, 3.63) is 69.2 Å². The molecule has 6 heteroatoms. The summed E-state index contributed by atoms with van der Waals surface area (Å²) in [5.74, 6) is -0.636. The standard InChI is InChI=1S/C17H16BrClN2O2/c1-11(12-6-8-13(18)9-7-12)21-16(22)10-20-17(23)14-4-2-3-5-15(14)19/h2-9,11H,10H2,1H3,(H,20,23)(H,21,22). The molecule has 2 aromatic carbocycles. The third-order valence-electron chi connectivity index (χ3n) is 3.28. The van der Waals surface area contributed by atoms with Crippen LogP contribution in [0.15, 0.2) is 53.0 Å². The van der Waals surface area contributed by atoms with Crippen LogP contribution in [0.25, 0.3) is 0 Å². The van der Waals surface area contributed by atoms with Crippen molar-refractivity contribution in [1.82, 2.24) is 10.6 Å². The van der Waals surface area contributed by atoms with Crippen molar-refractivity contribution in [3.8, 4) is 0 Å². The van der Waals surface area contributed by atoms with Crippen molar-refractivity contribution in [3.63, 3.8) is 0 Å². The van der Waals surface area contributed by atoms with Crippen LogP contribution in [0.3, 0.4) is 0 Å². The summed E-state index contributed by atoms with van der Waals surface area (Å²) in [6.45, 7) is 1.78. The Bertz CT molecular complexity index is 704. The van der Waals surface area contributed by atoms with Gasteiger partial charge in [0.25, 0.3) is 5.91 Å². The number of halogens is 2. The Hall–Kier alpha value is -1.85. The van der Waals surface area contributed by atoms with Crippen LogP contribution in [-0.4, -0.2) is 18.4 Å². The van der Waals surface area contributed by atoms with Crippen LogP contribution >= 0.6 is 27.5 Å². The number of carbonyl (C=O) groups excluding carboxylic acids is 2. The van der Waals surface area contributed by atoms with Crippen molar-refractivity contribution < 1.29 is 9.59 Å². The first-order valence-electron chi connectivity index (χ1n) is 7.05. The highest BCUT2D eigenvalue weighted by Crippen LogP contribution is 2.16. The van der Waals surface area contributed by atoms with E-state index in [0.29, 0.717) is 10.6 Å². The Labute approximate surface area is 148 Å². The molecule has 0 aliphatic rings. The molecule has 2 amide bonds. The first kappa shape index (κ1) is 17.5. The zero-order valence-corrected chi connectivity index (χ0v) is 14.8.